The van der Waals surface area contributed by atoms with Gasteiger partial charge >= 0.3 is 0 Å². The van der Waals surface area contributed by atoms with Crippen molar-refractivity contribution in [2.24, 2.45) is 11.1 Å². The maximum atomic E-state index is 12.1. The minimum absolute atomic E-state index is 0.0318. The summed E-state index contributed by atoms with van der Waals surface area (Å²) in [6, 6.07) is -0.446. The zero-order valence-electron chi connectivity index (χ0n) is 12.5. The maximum absolute atomic E-state index is 12.1. The van der Waals surface area contributed by atoms with E-state index >= 15 is 0 Å². The summed E-state index contributed by atoms with van der Waals surface area (Å²) < 4.78 is 0. The number of likely N-dealkylation sites (N-methyl/N-ethyl adjacent to an activating group) is 1. The second kappa shape index (κ2) is 5.57. The van der Waals surface area contributed by atoms with Gasteiger partial charge in [-0.3, -0.25) is 4.79 Å². The summed E-state index contributed by atoms with van der Waals surface area (Å²) in [6.45, 7) is 6.69. The number of carbonyl (C=O) groups excluding carboxylic acids is 1. The summed E-state index contributed by atoms with van der Waals surface area (Å²) in [7, 11) is 4.20. The molecule has 0 aliphatic heterocycles. The van der Waals surface area contributed by atoms with Crippen molar-refractivity contribution < 1.29 is 4.79 Å². The van der Waals surface area contributed by atoms with E-state index in [0.717, 1.165) is 12.8 Å². The smallest absolute Gasteiger partial charge is 0.237 e. The molecule has 1 aliphatic rings. The van der Waals surface area contributed by atoms with Gasteiger partial charge in [0.1, 0.15) is 0 Å². The van der Waals surface area contributed by atoms with Crippen LogP contribution in [0.2, 0.25) is 0 Å². The molecule has 1 unspecified atom stereocenters. The van der Waals surface area contributed by atoms with E-state index in [9.17, 15) is 4.79 Å². The molecule has 0 heterocycles. The van der Waals surface area contributed by atoms with Crippen LogP contribution in [0.25, 0.3) is 0 Å². The standard InChI is InChI=1S/C14H29N3O/c1-13(2,3)11(15)12(18)16-10-14(17(4)5)8-6-7-9-14/h11H,6-10,15H2,1-5H3,(H,16,18). The van der Waals surface area contributed by atoms with Gasteiger partial charge in [-0.2, -0.15) is 0 Å². The number of hydrogen-bond donors (Lipinski definition) is 2. The summed E-state index contributed by atoms with van der Waals surface area (Å²) >= 11 is 0. The van der Waals surface area contributed by atoms with Crippen LogP contribution in [0, 0.1) is 5.41 Å². The number of rotatable bonds is 4. The zero-order chi connectivity index (χ0) is 14.0. The largest absolute Gasteiger partial charge is 0.353 e. The molecule has 0 aromatic heterocycles. The fraction of sp³-hybridized carbons (Fsp3) is 0.929. The lowest BCUT2D eigenvalue weighted by Gasteiger charge is -2.37. The number of carbonyl (C=O) groups is 1. The fourth-order valence-electron chi connectivity index (χ4n) is 2.57. The minimum atomic E-state index is -0.446. The normalized spacial score (nSPS) is 21.1. The maximum Gasteiger partial charge on any atom is 0.237 e. The van der Waals surface area contributed by atoms with E-state index in [0.29, 0.717) is 6.54 Å². The van der Waals surface area contributed by atoms with Crippen molar-refractivity contribution in [1.82, 2.24) is 10.2 Å². The Hall–Kier alpha value is -0.610. The van der Waals surface area contributed by atoms with Crippen molar-refractivity contribution in [2.45, 2.75) is 58.0 Å². The molecule has 1 atom stereocenters. The van der Waals surface area contributed by atoms with Gasteiger partial charge < -0.3 is 16.0 Å². The molecule has 0 bridgehead atoms. The third-order valence-corrected chi connectivity index (χ3v) is 4.29. The molecule has 18 heavy (non-hydrogen) atoms. The van der Waals surface area contributed by atoms with Gasteiger partial charge in [0.25, 0.3) is 0 Å². The summed E-state index contributed by atoms with van der Waals surface area (Å²) in [5, 5.41) is 3.05. The Labute approximate surface area is 111 Å². The van der Waals surface area contributed by atoms with Gasteiger partial charge in [0.2, 0.25) is 5.91 Å². The molecule has 4 heteroatoms. The van der Waals surface area contributed by atoms with Gasteiger partial charge in [0.05, 0.1) is 6.04 Å². The van der Waals surface area contributed by atoms with Gasteiger partial charge in [-0.05, 0) is 32.4 Å². The molecular weight excluding hydrogens is 226 g/mol. The van der Waals surface area contributed by atoms with Gasteiger partial charge in [0.15, 0.2) is 0 Å². The molecule has 0 radical (unpaired) electrons. The molecule has 1 amide bonds. The van der Waals surface area contributed by atoms with Gasteiger partial charge in [-0.25, -0.2) is 0 Å². The van der Waals surface area contributed by atoms with E-state index in [4.69, 9.17) is 5.73 Å². The quantitative estimate of drug-likeness (QED) is 0.797. The highest BCUT2D eigenvalue weighted by Gasteiger charge is 2.37. The van der Waals surface area contributed by atoms with Crippen LogP contribution in [0.5, 0.6) is 0 Å². The molecule has 1 rings (SSSR count). The predicted octanol–water partition coefficient (Wildman–Crippen LogP) is 1.35. The summed E-state index contributed by atoms with van der Waals surface area (Å²) in [5.74, 6) is -0.0318. The summed E-state index contributed by atoms with van der Waals surface area (Å²) in [4.78, 5) is 14.3. The fourth-order valence-corrected chi connectivity index (χ4v) is 2.57. The molecule has 0 spiro atoms. The molecule has 0 aromatic rings. The third-order valence-electron chi connectivity index (χ3n) is 4.29. The van der Waals surface area contributed by atoms with Gasteiger partial charge in [-0.15, -0.1) is 0 Å². The molecule has 1 fully saturated rings. The van der Waals surface area contributed by atoms with E-state index in [2.05, 4.69) is 24.3 Å². The van der Waals surface area contributed by atoms with Gasteiger partial charge in [-0.1, -0.05) is 33.6 Å². The third kappa shape index (κ3) is 3.45. The molecule has 3 N–H and O–H groups in total. The van der Waals surface area contributed by atoms with Crippen LogP contribution in [-0.2, 0) is 4.79 Å². The first-order chi connectivity index (χ1) is 8.19. The molecule has 0 saturated heterocycles. The van der Waals surface area contributed by atoms with Gasteiger partial charge in [0, 0.05) is 12.1 Å². The number of hydrogen-bond acceptors (Lipinski definition) is 3. The molecule has 4 nitrogen and oxygen atoms in total. The lowest BCUT2D eigenvalue weighted by atomic mass is 9.86. The number of amides is 1. The van der Waals surface area contributed by atoms with Crippen LogP contribution in [-0.4, -0.2) is 43.0 Å². The van der Waals surface area contributed by atoms with Crippen LogP contribution in [0.4, 0.5) is 0 Å². The molecular formula is C14H29N3O. The van der Waals surface area contributed by atoms with E-state index in [-0.39, 0.29) is 16.9 Å². The molecule has 1 saturated carbocycles. The Bertz CT molecular complexity index is 288. The second-order valence-electron chi connectivity index (χ2n) is 6.89. The Morgan fingerprint density at radius 1 is 1.33 bits per heavy atom. The Kier molecular flexibility index (Phi) is 4.78. The Morgan fingerprint density at radius 3 is 2.22 bits per heavy atom. The van der Waals surface area contributed by atoms with Crippen molar-refractivity contribution >= 4 is 5.91 Å². The highest BCUT2D eigenvalue weighted by atomic mass is 16.2. The summed E-state index contributed by atoms with van der Waals surface area (Å²) in [5.41, 5.74) is 5.92. The average molecular weight is 255 g/mol. The van der Waals surface area contributed by atoms with E-state index in [1.54, 1.807) is 0 Å². The SMILES string of the molecule is CN(C)C1(CNC(=O)C(N)C(C)(C)C)CCCC1. The first kappa shape index (κ1) is 15.4. The molecule has 1 aliphatic carbocycles. The summed E-state index contributed by atoms with van der Waals surface area (Å²) in [6.07, 6.45) is 4.81. The second-order valence-corrected chi connectivity index (χ2v) is 6.89. The number of nitrogens with one attached hydrogen (secondary N) is 1. The van der Waals surface area contributed by atoms with E-state index < -0.39 is 6.04 Å². The van der Waals surface area contributed by atoms with Crippen LogP contribution in [0.3, 0.4) is 0 Å². The van der Waals surface area contributed by atoms with Crippen LogP contribution < -0.4 is 11.1 Å². The predicted molar refractivity (Wildman–Crippen MR) is 75.3 cm³/mol. The van der Waals surface area contributed by atoms with E-state index in [1.807, 2.05) is 20.8 Å². The lowest BCUT2D eigenvalue weighted by molar-refractivity contribution is -0.125. The van der Waals surface area contributed by atoms with Crippen molar-refractivity contribution in [3.8, 4) is 0 Å². The van der Waals surface area contributed by atoms with Crippen molar-refractivity contribution in [3.63, 3.8) is 0 Å². The van der Waals surface area contributed by atoms with Crippen LogP contribution in [0.15, 0.2) is 0 Å². The first-order valence-corrected chi connectivity index (χ1v) is 6.90. The Balaban J connectivity index is 2.56. The van der Waals surface area contributed by atoms with Crippen LogP contribution in [0.1, 0.15) is 46.5 Å². The minimum Gasteiger partial charge on any atom is -0.353 e. The lowest BCUT2D eigenvalue weighted by Crippen LogP contribution is -2.55. The zero-order valence-corrected chi connectivity index (χ0v) is 12.5. The highest BCUT2D eigenvalue weighted by Crippen LogP contribution is 2.33. The van der Waals surface area contributed by atoms with Crippen molar-refractivity contribution in [3.05, 3.63) is 0 Å². The van der Waals surface area contributed by atoms with E-state index in [1.165, 1.54) is 12.8 Å². The highest BCUT2D eigenvalue weighted by molar-refractivity contribution is 5.82. The Morgan fingerprint density at radius 2 is 1.83 bits per heavy atom. The monoisotopic (exact) mass is 255 g/mol. The van der Waals surface area contributed by atoms with Crippen molar-refractivity contribution in [2.75, 3.05) is 20.6 Å². The average Bonchev–Trinajstić information content (AvgIpc) is 2.73. The number of nitrogens with two attached hydrogens (primary N) is 1. The van der Waals surface area contributed by atoms with Crippen molar-refractivity contribution in [1.29, 1.82) is 0 Å². The number of nitrogens with zero attached hydrogens (tertiary/aromatic N) is 1. The first-order valence-electron chi connectivity index (χ1n) is 6.90. The topological polar surface area (TPSA) is 58.4 Å². The molecule has 0 aromatic carbocycles. The van der Waals surface area contributed by atoms with Crippen LogP contribution >= 0.6 is 0 Å². The molecule has 106 valence electrons.